The smallest absolute Gasteiger partial charge is 0.338 e. The number of carbonyl (C=O) groups excluding carboxylic acids is 1. The van der Waals surface area contributed by atoms with Crippen LogP contribution in [-0.4, -0.2) is 32.0 Å². The van der Waals surface area contributed by atoms with Gasteiger partial charge in [-0.05, 0) is 56.7 Å². The second-order valence-electron chi connectivity index (χ2n) is 6.34. The molecule has 0 saturated carbocycles. The highest BCUT2D eigenvalue weighted by Gasteiger charge is 2.11. The van der Waals surface area contributed by atoms with Gasteiger partial charge >= 0.3 is 5.97 Å². The normalized spacial score (nSPS) is 11.0. The Morgan fingerprint density at radius 1 is 1.15 bits per heavy atom. The van der Waals surface area contributed by atoms with Gasteiger partial charge in [0.15, 0.2) is 11.5 Å². The first-order chi connectivity index (χ1) is 13.0. The largest absolute Gasteiger partial charge is 0.493 e. The van der Waals surface area contributed by atoms with Crippen molar-refractivity contribution in [3.63, 3.8) is 0 Å². The first-order valence-electron chi connectivity index (χ1n) is 9.20. The van der Waals surface area contributed by atoms with Gasteiger partial charge in [0.05, 0.1) is 31.1 Å². The fraction of sp³-hybridized carbons (Fsp3) is 0.364. The summed E-state index contributed by atoms with van der Waals surface area (Å²) in [6.07, 6.45) is 3.62. The molecule has 5 nitrogen and oxygen atoms in total. The number of aliphatic imine (C=N–C) groups is 1. The molecule has 0 aromatic heterocycles. The van der Waals surface area contributed by atoms with E-state index in [1.165, 1.54) is 0 Å². The highest BCUT2D eigenvalue weighted by Crippen LogP contribution is 2.31. The van der Waals surface area contributed by atoms with Crippen LogP contribution in [0, 0.1) is 0 Å². The van der Waals surface area contributed by atoms with Crippen LogP contribution < -0.4 is 9.47 Å². The second kappa shape index (κ2) is 10.4. The van der Waals surface area contributed by atoms with Crippen molar-refractivity contribution >= 4 is 17.9 Å². The van der Waals surface area contributed by atoms with Crippen molar-refractivity contribution in [2.45, 2.75) is 39.7 Å². The van der Waals surface area contributed by atoms with Crippen molar-refractivity contribution < 1.29 is 19.0 Å². The summed E-state index contributed by atoms with van der Waals surface area (Å²) in [5.41, 5.74) is 2.08. The number of esters is 1. The lowest BCUT2D eigenvalue weighted by Crippen LogP contribution is -2.08. The average molecular weight is 369 g/mol. The zero-order chi connectivity index (χ0) is 19.6. The minimum Gasteiger partial charge on any atom is -0.493 e. The highest BCUT2D eigenvalue weighted by atomic mass is 16.5. The fourth-order valence-electron chi connectivity index (χ4n) is 2.38. The van der Waals surface area contributed by atoms with Crippen LogP contribution in [0.5, 0.6) is 11.5 Å². The maximum absolute atomic E-state index is 11.9. The van der Waals surface area contributed by atoms with Crippen LogP contribution in [0.3, 0.4) is 0 Å². The minimum absolute atomic E-state index is 0.0199. The Kier molecular flexibility index (Phi) is 7.86. The molecule has 0 aliphatic carbocycles. The summed E-state index contributed by atoms with van der Waals surface area (Å²) in [6.45, 7) is 6.43. The van der Waals surface area contributed by atoms with Crippen molar-refractivity contribution in [3.8, 4) is 11.5 Å². The van der Waals surface area contributed by atoms with Crippen molar-refractivity contribution in [1.29, 1.82) is 0 Å². The van der Waals surface area contributed by atoms with E-state index in [9.17, 15) is 4.79 Å². The van der Waals surface area contributed by atoms with Gasteiger partial charge in [0.2, 0.25) is 0 Å². The van der Waals surface area contributed by atoms with Crippen molar-refractivity contribution in [2.24, 2.45) is 4.99 Å². The minimum atomic E-state index is -0.306. The Balaban J connectivity index is 2.13. The number of methoxy groups -OCH3 is 1. The van der Waals surface area contributed by atoms with Crippen LogP contribution >= 0.6 is 0 Å². The molecule has 0 radical (unpaired) electrons. The van der Waals surface area contributed by atoms with E-state index in [0.717, 1.165) is 24.1 Å². The number of nitrogens with zero attached hydrogens (tertiary/aromatic N) is 1. The standard InChI is InChI=1S/C22H27NO4/c1-5-6-14-26-22(24)17-10-12-19(13-11-17)23-15-18-8-7-9-20(25-4)21(18)27-16(2)3/h7-13,15-16H,5-6,14H2,1-4H3. The van der Waals surface area contributed by atoms with E-state index in [-0.39, 0.29) is 12.1 Å². The third-order valence-electron chi connectivity index (χ3n) is 3.77. The Labute approximate surface area is 161 Å². The lowest BCUT2D eigenvalue weighted by molar-refractivity contribution is 0.0500. The molecule has 0 N–H and O–H groups in total. The summed E-state index contributed by atoms with van der Waals surface area (Å²) in [5.74, 6) is 1.02. The zero-order valence-electron chi connectivity index (χ0n) is 16.4. The molecule has 2 aromatic rings. The van der Waals surface area contributed by atoms with Gasteiger partial charge in [-0.2, -0.15) is 0 Å². The summed E-state index contributed by atoms with van der Waals surface area (Å²) in [4.78, 5) is 16.4. The second-order valence-corrected chi connectivity index (χ2v) is 6.34. The number of rotatable bonds is 9. The van der Waals surface area contributed by atoms with Gasteiger partial charge in [-0.3, -0.25) is 4.99 Å². The maximum Gasteiger partial charge on any atom is 0.338 e. The molecule has 0 saturated heterocycles. The number of hydrogen-bond acceptors (Lipinski definition) is 5. The number of ether oxygens (including phenoxy) is 3. The van der Waals surface area contributed by atoms with Crippen molar-refractivity contribution in [3.05, 3.63) is 53.6 Å². The van der Waals surface area contributed by atoms with Crippen LogP contribution in [0.2, 0.25) is 0 Å². The van der Waals surface area contributed by atoms with E-state index in [1.54, 1.807) is 37.6 Å². The first kappa shape index (κ1) is 20.5. The number of carbonyl (C=O) groups is 1. The predicted octanol–water partition coefficient (Wildman–Crippen LogP) is 5.19. The molecule has 27 heavy (non-hydrogen) atoms. The molecule has 2 rings (SSSR count). The number of hydrogen-bond donors (Lipinski definition) is 0. The highest BCUT2D eigenvalue weighted by molar-refractivity contribution is 5.90. The number of benzene rings is 2. The number of unbranched alkanes of at least 4 members (excludes halogenated alkanes) is 1. The predicted molar refractivity (Wildman–Crippen MR) is 108 cm³/mol. The molecular weight excluding hydrogens is 342 g/mol. The van der Waals surface area contributed by atoms with Gasteiger partial charge in [-0.1, -0.05) is 19.4 Å². The van der Waals surface area contributed by atoms with Crippen LogP contribution in [0.4, 0.5) is 5.69 Å². The molecule has 0 atom stereocenters. The molecule has 0 fully saturated rings. The van der Waals surface area contributed by atoms with E-state index < -0.39 is 0 Å². The lowest BCUT2D eigenvalue weighted by Gasteiger charge is -2.15. The van der Waals surface area contributed by atoms with Crippen LogP contribution in [0.25, 0.3) is 0 Å². The summed E-state index contributed by atoms with van der Waals surface area (Å²) >= 11 is 0. The van der Waals surface area contributed by atoms with Crippen LogP contribution in [0.15, 0.2) is 47.5 Å². The summed E-state index contributed by atoms with van der Waals surface area (Å²) in [6, 6.07) is 12.7. The maximum atomic E-state index is 11.9. The average Bonchev–Trinajstić information content (AvgIpc) is 2.67. The SMILES string of the molecule is CCCCOC(=O)c1ccc(N=Cc2cccc(OC)c2OC(C)C)cc1. The molecule has 5 heteroatoms. The molecule has 0 amide bonds. The third-order valence-corrected chi connectivity index (χ3v) is 3.77. The quantitative estimate of drug-likeness (QED) is 0.347. The summed E-state index contributed by atoms with van der Waals surface area (Å²) in [5, 5.41) is 0. The monoisotopic (exact) mass is 369 g/mol. The van der Waals surface area contributed by atoms with Crippen molar-refractivity contribution in [2.75, 3.05) is 13.7 Å². The van der Waals surface area contributed by atoms with Gasteiger partial charge in [0.25, 0.3) is 0 Å². The molecule has 0 spiro atoms. The number of para-hydroxylation sites is 1. The molecular formula is C22H27NO4. The molecule has 0 aliphatic heterocycles. The van der Waals surface area contributed by atoms with E-state index in [4.69, 9.17) is 14.2 Å². The van der Waals surface area contributed by atoms with Gasteiger partial charge in [-0.15, -0.1) is 0 Å². The Bertz CT molecular complexity index is 766. The van der Waals surface area contributed by atoms with Gasteiger partial charge in [0, 0.05) is 11.8 Å². The Morgan fingerprint density at radius 2 is 1.89 bits per heavy atom. The molecule has 0 heterocycles. The van der Waals surface area contributed by atoms with Crippen LogP contribution in [-0.2, 0) is 4.74 Å². The summed E-state index contributed by atoms with van der Waals surface area (Å²) < 4.78 is 16.5. The summed E-state index contributed by atoms with van der Waals surface area (Å²) in [7, 11) is 1.61. The van der Waals surface area contributed by atoms with E-state index in [0.29, 0.717) is 23.7 Å². The molecule has 144 valence electrons. The van der Waals surface area contributed by atoms with Gasteiger partial charge < -0.3 is 14.2 Å². The van der Waals surface area contributed by atoms with E-state index in [2.05, 4.69) is 11.9 Å². The molecule has 0 unspecified atom stereocenters. The molecule has 0 bridgehead atoms. The van der Waals surface area contributed by atoms with Crippen molar-refractivity contribution in [1.82, 2.24) is 0 Å². The fourth-order valence-corrected chi connectivity index (χ4v) is 2.38. The Hall–Kier alpha value is -2.82. The van der Waals surface area contributed by atoms with Gasteiger partial charge in [0.1, 0.15) is 0 Å². The third kappa shape index (κ3) is 6.13. The van der Waals surface area contributed by atoms with Gasteiger partial charge in [-0.25, -0.2) is 4.79 Å². The lowest BCUT2D eigenvalue weighted by atomic mass is 10.2. The molecule has 0 aliphatic rings. The van der Waals surface area contributed by atoms with E-state index in [1.807, 2.05) is 32.0 Å². The topological polar surface area (TPSA) is 57.1 Å². The Morgan fingerprint density at radius 3 is 2.52 bits per heavy atom. The zero-order valence-corrected chi connectivity index (χ0v) is 16.4. The first-order valence-corrected chi connectivity index (χ1v) is 9.20. The van der Waals surface area contributed by atoms with E-state index >= 15 is 0 Å². The van der Waals surface area contributed by atoms with Crippen LogP contribution in [0.1, 0.15) is 49.5 Å². The molecule has 2 aromatic carbocycles.